The molecular formula is C17H21NO2. The monoisotopic (exact) mass is 271 g/mol. The van der Waals surface area contributed by atoms with E-state index in [1.165, 1.54) is 17.7 Å². The standard InChI is InChI=1S/C17H21NO2/c19-16(13-2-3-15-12(10-13)4-8-18-15)14-5-9-20-17(11-14)6-1-7-17/h2-3,10,14,18H,1,4-9,11H2. The van der Waals surface area contributed by atoms with E-state index in [1.54, 1.807) is 0 Å². The predicted octanol–water partition coefficient (Wildman–Crippen LogP) is 3.19. The fourth-order valence-electron chi connectivity index (χ4n) is 3.86. The molecule has 3 heteroatoms. The highest BCUT2D eigenvalue weighted by Crippen LogP contribution is 2.45. The lowest BCUT2D eigenvalue weighted by molar-refractivity contribution is -0.137. The lowest BCUT2D eigenvalue weighted by atomic mass is 9.70. The van der Waals surface area contributed by atoms with E-state index in [9.17, 15) is 4.79 Å². The van der Waals surface area contributed by atoms with E-state index in [2.05, 4.69) is 17.4 Å². The summed E-state index contributed by atoms with van der Waals surface area (Å²) in [5.41, 5.74) is 3.44. The highest BCUT2D eigenvalue weighted by molar-refractivity contribution is 5.98. The lowest BCUT2D eigenvalue weighted by Crippen LogP contribution is -2.47. The molecular weight excluding hydrogens is 250 g/mol. The van der Waals surface area contributed by atoms with Crippen molar-refractivity contribution in [2.75, 3.05) is 18.5 Å². The second-order valence-electron chi connectivity index (χ2n) is 6.49. The van der Waals surface area contributed by atoms with Gasteiger partial charge in [0.2, 0.25) is 0 Å². The zero-order valence-corrected chi connectivity index (χ0v) is 11.8. The van der Waals surface area contributed by atoms with Crippen molar-refractivity contribution in [3.63, 3.8) is 0 Å². The molecule has 2 heterocycles. The molecule has 1 saturated carbocycles. The minimum atomic E-state index is 0.0524. The maximum atomic E-state index is 12.8. The van der Waals surface area contributed by atoms with Crippen LogP contribution in [0.2, 0.25) is 0 Å². The number of hydrogen-bond acceptors (Lipinski definition) is 3. The van der Waals surface area contributed by atoms with Crippen LogP contribution in [0, 0.1) is 5.92 Å². The smallest absolute Gasteiger partial charge is 0.166 e. The van der Waals surface area contributed by atoms with Crippen LogP contribution < -0.4 is 5.32 Å². The van der Waals surface area contributed by atoms with Crippen LogP contribution in [0.3, 0.4) is 0 Å². The van der Waals surface area contributed by atoms with Crippen molar-refractivity contribution >= 4 is 11.5 Å². The molecule has 1 atom stereocenters. The normalized spacial score (nSPS) is 26.7. The van der Waals surface area contributed by atoms with Gasteiger partial charge in [0.15, 0.2) is 5.78 Å². The number of ketones is 1. The third-order valence-electron chi connectivity index (χ3n) is 5.23. The van der Waals surface area contributed by atoms with Crippen molar-refractivity contribution in [1.82, 2.24) is 0 Å². The molecule has 0 radical (unpaired) electrons. The van der Waals surface area contributed by atoms with Gasteiger partial charge in [0, 0.05) is 30.3 Å². The van der Waals surface area contributed by atoms with Gasteiger partial charge >= 0.3 is 0 Å². The first kappa shape index (κ1) is 12.4. The zero-order valence-electron chi connectivity index (χ0n) is 11.8. The van der Waals surface area contributed by atoms with Crippen LogP contribution in [-0.2, 0) is 11.2 Å². The second kappa shape index (κ2) is 4.59. The summed E-state index contributed by atoms with van der Waals surface area (Å²) in [6.45, 7) is 1.75. The number of fused-ring (bicyclic) bond motifs is 1. The fourth-order valence-corrected chi connectivity index (χ4v) is 3.86. The Kier molecular flexibility index (Phi) is 2.84. The summed E-state index contributed by atoms with van der Waals surface area (Å²) < 4.78 is 5.93. The second-order valence-corrected chi connectivity index (χ2v) is 6.49. The Balaban J connectivity index is 1.54. The minimum absolute atomic E-state index is 0.0524. The zero-order chi connectivity index (χ0) is 13.6. The van der Waals surface area contributed by atoms with Crippen LogP contribution in [0.25, 0.3) is 0 Å². The topological polar surface area (TPSA) is 38.3 Å². The summed E-state index contributed by atoms with van der Waals surface area (Å²) in [4.78, 5) is 12.8. The van der Waals surface area contributed by atoms with E-state index in [0.29, 0.717) is 5.78 Å². The number of Topliss-reactive ketones (excluding diaryl/α,β-unsaturated/α-hetero) is 1. The first-order chi connectivity index (χ1) is 9.76. The Labute approximate surface area is 119 Å². The quantitative estimate of drug-likeness (QED) is 0.840. The number of rotatable bonds is 2. The molecule has 1 spiro atoms. The van der Waals surface area contributed by atoms with Crippen LogP contribution in [0.15, 0.2) is 18.2 Å². The largest absolute Gasteiger partial charge is 0.384 e. The molecule has 1 aliphatic carbocycles. The van der Waals surface area contributed by atoms with Crippen molar-refractivity contribution < 1.29 is 9.53 Å². The molecule has 0 bridgehead atoms. The molecule has 0 aromatic heterocycles. The number of benzene rings is 1. The van der Waals surface area contributed by atoms with Gasteiger partial charge in [0.25, 0.3) is 0 Å². The molecule has 3 aliphatic rings. The first-order valence-corrected chi connectivity index (χ1v) is 7.81. The van der Waals surface area contributed by atoms with Crippen molar-refractivity contribution in [3.05, 3.63) is 29.3 Å². The van der Waals surface area contributed by atoms with Crippen molar-refractivity contribution in [3.8, 4) is 0 Å². The highest BCUT2D eigenvalue weighted by atomic mass is 16.5. The van der Waals surface area contributed by atoms with Gasteiger partial charge in [-0.2, -0.15) is 0 Å². The van der Waals surface area contributed by atoms with Crippen LogP contribution in [-0.4, -0.2) is 24.5 Å². The average molecular weight is 271 g/mol. The van der Waals surface area contributed by atoms with Crippen molar-refractivity contribution in [2.45, 2.75) is 44.1 Å². The van der Waals surface area contributed by atoms with E-state index in [-0.39, 0.29) is 11.5 Å². The lowest BCUT2D eigenvalue weighted by Gasteiger charge is -2.46. The van der Waals surface area contributed by atoms with E-state index in [4.69, 9.17) is 4.74 Å². The molecule has 4 rings (SSSR count). The van der Waals surface area contributed by atoms with Gasteiger partial charge in [-0.15, -0.1) is 0 Å². The maximum Gasteiger partial charge on any atom is 0.166 e. The molecule has 2 fully saturated rings. The molecule has 0 amide bonds. The number of anilines is 1. The number of nitrogens with one attached hydrogen (secondary N) is 1. The van der Waals surface area contributed by atoms with E-state index >= 15 is 0 Å². The van der Waals surface area contributed by atoms with E-state index in [1.807, 2.05) is 6.07 Å². The molecule has 1 aromatic carbocycles. The summed E-state index contributed by atoms with van der Waals surface area (Å²) in [6.07, 6.45) is 6.40. The number of ether oxygens (including phenoxy) is 1. The van der Waals surface area contributed by atoms with Gasteiger partial charge in [-0.05, 0) is 62.3 Å². The third kappa shape index (κ3) is 1.96. The maximum absolute atomic E-state index is 12.8. The summed E-state index contributed by atoms with van der Waals surface area (Å²) in [6, 6.07) is 6.15. The van der Waals surface area contributed by atoms with E-state index < -0.39 is 0 Å². The molecule has 106 valence electrons. The van der Waals surface area contributed by atoms with Gasteiger partial charge in [-0.1, -0.05) is 0 Å². The van der Waals surface area contributed by atoms with Gasteiger partial charge in [-0.25, -0.2) is 0 Å². The van der Waals surface area contributed by atoms with Crippen LogP contribution >= 0.6 is 0 Å². The minimum Gasteiger partial charge on any atom is -0.384 e. The Hall–Kier alpha value is -1.35. The number of carbonyl (C=O) groups excluding carboxylic acids is 1. The van der Waals surface area contributed by atoms with Gasteiger partial charge in [-0.3, -0.25) is 4.79 Å². The highest BCUT2D eigenvalue weighted by Gasteiger charge is 2.44. The third-order valence-corrected chi connectivity index (χ3v) is 5.23. The molecule has 1 saturated heterocycles. The van der Waals surface area contributed by atoms with Crippen molar-refractivity contribution in [1.29, 1.82) is 0 Å². The van der Waals surface area contributed by atoms with Crippen LogP contribution in [0.4, 0.5) is 5.69 Å². The Bertz CT molecular complexity index is 548. The van der Waals surface area contributed by atoms with Crippen molar-refractivity contribution in [2.24, 2.45) is 5.92 Å². The Morgan fingerprint density at radius 1 is 1.35 bits per heavy atom. The SMILES string of the molecule is O=C(c1ccc2c(c1)CCN2)C1CCOC2(CCC2)C1. The number of hydrogen-bond donors (Lipinski definition) is 1. The van der Waals surface area contributed by atoms with Gasteiger partial charge in [0.05, 0.1) is 5.60 Å². The Morgan fingerprint density at radius 2 is 2.25 bits per heavy atom. The fraction of sp³-hybridized carbons (Fsp3) is 0.588. The predicted molar refractivity (Wildman–Crippen MR) is 78.2 cm³/mol. The summed E-state index contributed by atoms with van der Waals surface area (Å²) in [7, 11) is 0. The van der Waals surface area contributed by atoms with Crippen LogP contribution in [0.5, 0.6) is 0 Å². The van der Waals surface area contributed by atoms with Crippen LogP contribution in [0.1, 0.15) is 48.0 Å². The molecule has 3 nitrogen and oxygen atoms in total. The van der Waals surface area contributed by atoms with Gasteiger partial charge < -0.3 is 10.1 Å². The molecule has 1 N–H and O–H groups in total. The molecule has 2 aliphatic heterocycles. The van der Waals surface area contributed by atoms with E-state index in [0.717, 1.165) is 50.8 Å². The average Bonchev–Trinajstić information content (AvgIpc) is 2.92. The summed E-state index contributed by atoms with van der Waals surface area (Å²) in [5.74, 6) is 0.491. The molecule has 20 heavy (non-hydrogen) atoms. The Morgan fingerprint density at radius 3 is 3.05 bits per heavy atom. The summed E-state index contributed by atoms with van der Waals surface area (Å²) in [5, 5.41) is 3.35. The molecule has 1 aromatic rings. The van der Waals surface area contributed by atoms with Gasteiger partial charge in [0.1, 0.15) is 0 Å². The summed E-state index contributed by atoms with van der Waals surface area (Å²) >= 11 is 0. The first-order valence-electron chi connectivity index (χ1n) is 7.81. The number of carbonyl (C=O) groups is 1. The molecule has 1 unspecified atom stereocenters.